The summed E-state index contributed by atoms with van der Waals surface area (Å²) < 4.78 is 1.06. The number of aromatic nitrogens is 1. The number of nitrogens with zero attached hydrogens (tertiary/aromatic N) is 1. The zero-order valence-electron chi connectivity index (χ0n) is 13.0. The second-order valence-electron chi connectivity index (χ2n) is 6.91. The fraction of sp³-hybridized carbons (Fsp3) is 0.706. The Balaban J connectivity index is 2.04. The zero-order valence-corrected chi connectivity index (χ0v) is 14.5. The van der Waals surface area contributed by atoms with Crippen molar-refractivity contribution in [1.82, 2.24) is 10.3 Å². The molecule has 0 spiro atoms. The summed E-state index contributed by atoms with van der Waals surface area (Å²) in [4.78, 5) is 4.57. The highest BCUT2D eigenvalue weighted by Gasteiger charge is 2.34. The maximum absolute atomic E-state index is 4.57. The van der Waals surface area contributed by atoms with E-state index in [4.69, 9.17) is 0 Å². The normalized spacial score (nSPS) is 25.6. The van der Waals surface area contributed by atoms with Crippen molar-refractivity contribution in [3.05, 3.63) is 28.5 Å². The van der Waals surface area contributed by atoms with Gasteiger partial charge in [0.05, 0.1) is 0 Å². The van der Waals surface area contributed by atoms with Crippen LogP contribution in [0.25, 0.3) is 0 Å². The first-order chi connectivity index (χ1) is 9.50. The Bertz CT molecular complexity index is 414. The van der Waals surface area contributed by atoms with Crippen LogP contribution in [0.1, 0.15) is 45.7 Å². The monoisotopic (exact) mass is 338 g/mol. The molecule has 1 saturated carbocycles. The predicted octanol–water partition coefficient (Wildman–Crippen LogP) is 4.44. The summed E-state index contributed by atoms with van der Waals surface area (Å²) in [5, 5.41) is 3.54. The first-order valence-electron chi connectivity index (χ1n) is 7.81. The lowest BCUT2D eigenvalue weighted by molar-refractivity contribution is 0.115. The van der Waals surface area contributed by atoms with E-state index in [2.05, 4.69) is 59.1 Å². The van der Waals surface area contributed by atoms with Gasteiger partial charge in [-0.15, -0.1) is 0 Å². The molecule has 0 bridgehead atoms. The molecular formula is C17H27BrN2. The number of hydrogen-bond acceptors (Lipinski definition) is 2. The van der Waals surface area contributed by atoms with Gasteiger partial charge < -0.3 is 5.32 Å². The largest absolute Gasteiger partial charge is 0.317 e. The van der Waals surface area contributed by atoms with Gasteiger partial charge in [0.15, 0.2) is 0 Å². The van der Waals surface area contributed by atoms with Crippen molar-refractivity contribution >= 4 is 15.9 Å². The van der Waals surface area contributed by atoms with Crippen LogP contribution in [0.2, 0.25) is 0 Å². The van der Waals surface area contributed by atoms with Crippen molar-refractivity contribution in [2.24, 2.45) is 17.3 Å². The first kappa shape index (κ1) is 16.0. The average molecular weight is 339 g/mol. The topological polar surface area (TPSA) is 24.9 Å². The molecule has 1 aliphatic carbocycles. The smallest absolute Gasteiger partial charge is 0.0413 e. The standard InChI is InChI=1S/C17H27BrN2/c1-4-19-11-13-7-8-17(2,3)10-14(13)9-16-6-5-15(18)12-20-16/h5-6,12-14,19H,4,7-11H2,1-3H3. The molecule has 1 aromatic heterocycles. The molecule has 3 heteroatoms. The highest BCUT2D eigenvalue weighted by Crippen LogP contribution is 2.42. The minimum Gasteiger partial charge on any atom is -0.317 e. The second kappa shape index (κ2) is 7.04. The van der Waals surface area contributed by atoms with Gasteiger partial charge in [0.2, 0.25) is 0 Å². The molecule has 1 aromatic rings. The van der Waals surface area contributed by atoms with Gasteiger partial charge in [-0.2, -0.15) is 0 Å². The van der Waals surface area contributed by atoms with Gasteiger partial charge in [-0.1, -0.05) is 20.8 Å². The van der Waals surface area contributed by atoms with Crippen molar-refractivity contribution in [2.45, 2.75) is 46.5 Å². The van der Waals surface area contributed by atoms with Crippen LogP contribution in [0.5, 0.6) is 0 Å². The van der Waals surface area contributed by atoms with Crippen molar-refractivity contribution in [2.75, 3.05) is 13.1 Å². The number of halogens is 1. The highest BCUT2D eigenvalue weighted by molar-refractivity contribution is 9.10. The Morgan fingerprint density at radius 3 is 2.80 bits per heavy atom. The molecular weight excluding hydrogens is 312 g/mol. The van der Waals surface area contributed by atoms with Gasteiger partial charge in [-0.3, -0.25) is 4.98 Å². The highest BCUT2D eigenvalue weighted by atomic mass is 79.9. The third-order valence-electron chi connectivity index (χ3n) is 4.59. The van der Waals surface area contributed by atoms with E-state index in [1.165, 1.54) is 25.0 Å². The van der Waals surface area contributed by atoms with E-state index in [1.54, 1.807) is 0 Å². The van der Waals surface area contributed by atoms with Crippen LogP contribution < -0.4 is 5.32 Å². The molecule has 2 unspecified atom stereocenters. The lowest BCUT2D eigenvalue weighted by Crippen LogP contribution is -2.37. The minimum absolute atomic E-state index is 0.489. The number of nitrogens with one attached hydrogen (secondary N) is 1. The van der Waals surface area contributed by atoms with Crippen LogP contribution in [0.3, 0.4) is 0 Å². The van der Waals surface area contributed by atoms with Crippen LogP contribution in [-0.2, 0) is 6.42 Å². The van der Waals surface area contributed by atoms with E-state index in [0.29, 0.717) is 5.41 Å². The molecule has 0 amide bonds. The molecule has 1 N–H and O–H groups in total. The fourth-order valence-electron chi connectivity index (χ4n) is 3.42. The molecule has 0 saturated heterocycles. The van der Waals surface area contributed by atoms with Gasteiger partial charge in [0.1, 0.15) is 0 Å². The fourth-order valence-corrected chi connectivity index (χ4v) is 3.66. The summed E-state index contributed by atoms with van der Waals surface area (Å²) in [6.07, 6.45) is 7.06. The molecule has 2 nitrogen and oxygen atoms in total. The van der Waals surface area contributed by atoms with E-state index in [9.17, 15) is 0 Å². The van der Waals surface area contributed by atoms with Crippen LogP contribution in [-0.4, -0.2) is 18.1 Å². The van der Waals surface area contributed by atoms with Crippen LogP contribution in [0, 0.1) is 17.3 Å². The molecule has 112 valence electrons. The van der Waals surface area contributed by atoms with Gasteiger partial charge in [-0.25, -0.2) is 0 Å². The summed E-state index contributed by atoms with van der Waals surface area (Å²) >= 11 is 3.46. The van der Waals surface area contributed by atoms with Gasteiger partial charge >= 0.3 is 0 Å². The summed E-state index contributed by atoms with van der Waals surface area (Å²) in [5.41, 5.74) is 1.72. The van der Waals surface area contributed by atoms with Gasteiger partial charge in [-0.05, 0) is 84.1 Å². The third-order valence-corrected chi connectivity index (χ3v) is 5.06. The minimum atomic E-state index is 0.489. The van der Waals surface area contributed by atoms with Crippen LogP contribution >= 0.6 is 15.9 Å². The van der Waals surface area contributed by atoms with Crippen molar-refractivity contribution in [1.29, 1.82) is 0 Å². The molecule has 0 aliphatic heterocycles. The summed E-state index contributed by atoms with van der Waals surface area (Å²) in [6, 6.07) is 4.27. The second-order valence-corrected chi connectivity index (χ2v) is 7.82. The Morgan fingerprint density at radius 2 is 2.15 bits per heavy atom. The number of rotatable bonds is 5. The molecule has 20 heavy (non-hydrogen) atoms. The Hall–Kier alpha value is -0.410. The van der Waals surface area contributed by atoms with E-state index >= 15 is 0 Å². The molecule has 1 heterocycles. The number of pyridine rings is 1. The van der Waals surface area contributed by atoms with Gasteiger partial charge in [0, 0.05) is 16.4 Å². The molecule has 2 atom stereocenters. The molecule has 1 aliphatic rings. The quantitative estimate of drug-likeness (QED) is 0.858. The molecule has 0 radical (unpaired) electrons. The Morgan fingerprint density at radius 1 is 1.35 bits per heavy atom. The molecule has 0 aromatic carbocycles. The van der Waals surface area contributed by atoms with E-state index in [0.717, 1.165) is 35.8 Å². The lowest BCUT2D eigenvalue weighted by Gasteiger charge is -2.41. The summed E-state index contributed by atoms with van der Waals surface area (Å²) in [5.74, 6) is 1.56. The first-order valence-corrected chi connectivity index (χ1v) is 8.60. The van der Waals surface area contributed by atoms with Crippen LogP contribution in [0.4, 0.5) is 0 Å². The van der Waals surface area contributed by atoms with E-state index in [1.807, 2.05) is 6.20 Å². The Labute approximate surface area is 131 Å². The maximum Gasteiger partial charge on any atom is 0.0413 e. The average Bonchev–Trinajstić information content (AvgIpc) is 2.40. The predicted molar refractivity (Wildman–Crippen MR) is 88.8 cm³/mol. The van der Waals surface area contributed by atoms with Crippen LogP contribution in [0.15, 0.2) is 22.8 Å². The summed E-state index contributed by atoms with van der Waals surface area (Å²) in [6.45, 7) is 9.26. The van der Waals surface area contributed by atoms with Crippen molar-refractivity contribution < 1.29 is 0 Å². The molecule has 2 rings (SSSR count). The SMILES string of the molecule is CCNCC1CCC(C)(C)CC1Cc1ccc(Br)cn1. The zero-order chi connectivity index (χ0) is 14.6. The third kappa shape index (κ3) is 4.56. The van der Waals surface area contributed by atoms with Crippen molar-refractivity contribution in [3.8, 4) is 0 Å². The van der Waals surface area contributed by atoms with E-state index in [-0.39, 0.29) is 0 Å². The van der Waals surface area contributed by atoms with Crippen molar-refractivity contribution in [3.63, 3.8) is 0 Å². The van der Waals surface area contributed by atoms with E-state index < -0.39 is 0 Å². The number of hydrogen-bond donors (Lipinski definition) is 1. The van der Waals surface area contributed by atoms with Gasteiger partial charge in [0.25, 0.3) is 0 Å². The maximum atomic E-state index is 4.57. The molecule has 1 fully saturated rings. The Kier molecular flexibility index (Phi) is 5.62. The summed E-state index contributed by atoms with van der Waals surface area (Å²) in [7, 11) is 0. The lowest BCUT2D eigenvalue weighted by atomic mass is 9.66.